The third-order valence-electron chi connectivity index (χ3n) is 3.46. The Bertz CT molecular complexity index is 131. The first-order valence-electron chi connectivity index (χ1n) is 6.27. The molecule has 0 aromatic heterocycles. The van der Waals surface area contributed by atoms with E-state index >= 15 is 0 Å². The first kappa shape index (κ1) is 14.0. The second-order valence-corrected chi connectivity index (χ2v) is 4.97. The van der Waals surface area contributed by atoms with Gasteiger partial charge in [-0.3, -0.25) is 0 Å². The summed E-state index contributed by atoms with van der Waals surface area (Å²) >= 11 is 0. The van der Waals surface area contributed by atoms with E-state index in [0.29, 0.717) is 6.04 Å². The van der Waals surface area contributed by atoms with Crippen molar-refractivity contribution in [3.8, 4) is 0 Å². The average Bonchev–Trinajstić information content (AvgIpc) is 2.16. The first-order valence-corrected chi connectivity index (χ1v) is 6.27. The molecular weight excluding hydrogens is 170 g/mol. The van der Waals surface area contributed by atoms with E-state index in [1.165, 1.54) is 12.8 Å². The summed E-state index contributed by atoms with van der Waals surface area (Å²) in [7, 11) is 0. The summed E-state index contributed by atoms with van der Waals surface area (Å²) in [6.45, 7) is 15.1. The zero-order valence-electron chi connectivity index (χ0n) is 10.9. The maximum Gasteiger partial charge on any atom is 0.0118 e. The molecule has 1 nitrogen and oxygen atoms in total. The molecule has 0 aliphatic heterocycles. The molecular formula is C13H29N. The van der Waals surface area contributed by atoms with E-state index in [1.807, 2.05) is 0 Å². The monoisotopic (exact) mass is 199 g/mol. The Morgan fingerprint density at radius 3 is 1.93 bits per heavy atom. The molecule has 0 aliphatic carbocycles. The maximum absolute atomic E-state index is 3.68. The predicted octanol–water partition coefficient (Wildman–Crippen LogP) is 3.69. The van der Waals surface area contributed by atoms with Gasteiger partial charge >= 0.3 is 0 Å². The summed E-state index contributed by atoms with van der Waals surface area (Å²) in [6.07, 6.45) is 2.52. The van der Waals surface area contributed by atoms with E-state index in [0.717, 1.165) is 24.3 Å². The van der Waals surface area contributed by atoms with E-state index in [2.05, 4.69) is 46.9 Å². The smallest absolute Gasteiger partial charge is 0.0118 e. The predicted molar refractivity (Wildman–Crippen MR) is 65.5 cm³/mol. The minimum Gasteiger partial charge on any atom is -0.313 e. The van der Waals surface area contributed by atoms with Gasteiger partial charge in [0.1, 0.15) is 0 Å². The van der Waals surface area contributed by atoms with E-state index in [4.69, 9.17) is 0 Å². The second kappa shape index (κ2) is 7.28. The quantitative estimate of drug-likeness (QED) is 0.659. The Morgan fingerprint density at radius 2 is 1.57 bits per heavy atom. The van der Waals surface area contributed by atoms with Gasteiger partial charge in [-0.2, -0.15) is 0 Å². The summed E-state index contributed by atoms with van der Waals surface area (Å²) in [4.78, 5) is 0. The van der Waals surface area contributed by atoms with Crippen LogP contribution in [-0.4, -0.2) is 12.6 Å². The molecule has 0 heterocycles. The minimum atomic E-state index is 0.685. The third-order valence-corrected chi connectivity index (χ3v) is 3.46. The molecule has 0 rings (SSSR count). The standard InChI is InChI=1S/C13H29N/c1-7-9-14-13(10(3)4)12(6)11(5)8-2/h10-14H,7-9H2,1-6H3. The third kappa shape index (κ3) is 4.45. The summed E-state index contributed by atoms with van der Waals surface area (Å²) in [6, 6.07) is 0.685. The highest BCUT2D eigenvalue weighted by molar-refractivity contribution is 4.79. The van der Waals surface area contributed by atoms with Gasteiger partial charge in [0, 0.05) is 6.04 Å². The highest BCUT2D eigenvalue weighted by Gasteiger charge is 2.23. The summed E-state index contributed by atoms with van der Waals surface area (Å²) < 4.78 is 0. The van der Waals surface area contributed by atoms with Gasteiger partial charge in [-0.05, 0) is 30.7 Å². The van der Waals surface area contributed by atoms with Crippen molar-refractivity contribution < 1.29 is 0 Å². The molecule has 0 saturated heterocycles. The van der Waals surface area contributed by atoms with Crippen LogP contribution < -0.4 is 5.32 Å². The summed E-state index contributed by atoms with van der Waals surface area (Å²) in [5.41, 5.74) is 0. The van der Waals surface area contributed by atoms with E-state index in [1.54, 1.807) is 0 Å². The van der Waals surface area contributed by atoms with E-state index < -0.39 is 0 Å². The van der Waals surface area contributed by atoms with Crippen molar-refractivity contribution >= 4 is 0 Å². The van der Waals surface area contributed by atoms with Crippen LogP contribution >= 0.6 is 0 Å². The molecule has 3 atom stereocenters. The van der Waals surface area contributed by atoms with Gasteiger partial charge in [-0.25, -0.2) is 0 Å². The fourth-order valence-corrected chi connectivity index (χ4v) is 2.07. The van der Waals surface area contributed by atoms with Crippen molar-refractivity contribution in [3.63, 3.8) is 0 Å². The van der Waals surface area contributed by atoms with Gasteiger partial charge in [-0.1, -0.05) is 48.0 Å². The minimum absolute atomic E-state index is 0.685. The van der Waals surface area contributed by atoms with E-state index in [9.17, 15) is 0 Å². The van der Waals surface area contributed by atoms with Crippen molar-refractivity contribution in [2.24, 2.45) is 17.8 Å². The molecule has 86 valence electrons. The summed E-state index contributed by atoms with van der Waals surface area (Å²) in [5, 5.41) is 3.68. The Labute approximate surface area is 90.7 Å². The van der Waals surface area contributed by atoms with Crippen LogP contribution in [0.2, 0.25) is 0 Å². The molecule has 0 radical (unpaired) electrons. The topological polar surface area (TPSA) is 12.0 Å². The molecule has 0 bridgehead atoms. The Morgan fingerprint density at radius 1 is 1.00 bits per heavy atom. The van der Waals surface area contributed by atoms with Crippen molar-refractivity contribution in [1.29, 1.82) is 0 Å². The molecule has 0 spiro atoms. The van der Waals surface area contributed by atoms with Crippen LogP contribution in [0.25, 0.3) is 0 Å². The molecule has 0 aliphatic rings. The fraction of sp³-hybridized carbons (Fsp3) is 1.00. The SMILES string of the molecule is CCCNC(C(C)C)C(C)C(C)CC. The molecule has 1 N–H and O–H groups in total. The lowest BCUT2D eigenvalue weighted by Gasteiger charge is -2.32. The first-order chi connectivity index (χ1) is 6.54. The summed E-state index contributed by atoms with van der Waals surface area (Å²) in [5.74, 6) is 2.35. The van der Waals surface area contributed by atoms with Crippen LogP contribution in [0.15, 0.2) is 0 Å². The van der Waals surface area contributed by atoms with Crippen LogP contribution in [-0.2, 0) is 0 Å². The van der Waals surface area contributed by atoms with Crippen LogP contribution in [0.3, 0.4) is 0 Å². The van der Waals surface area contributed by atoms with Crippen LogP contribution in [0.4, 0.5) is 0 Å². The average molecular weight is 199 g/mol. The maximum atomic E-state index is 3.68. The number of hydrogen-bond donors (Lipinski definition) is 1. The highest BCUT2D eigenvalue weighted by Crippen LogP contribution is 2.22. The lowest BCUT2D eigenvalue weighted by Crippen LogP contribution is -2.42. The van der Waals surface area contributed by atoms with Crippen molar-refractivity contribution in [2.75, 3.05) is 6.54 Å². The Balaban J connectivity index is 4.17. The molecule has 0 amide bonds. The molecule has 0 fully saturated rings. The van der Waals surface area contributed by atoms with E-state index in [-0.39, 0.29) is 0 Å². The van der Waals surface area contributed by atoms with Crippen molar-refractivity contribution in [2.45, 2.75) is 60.4 Å². The normalized spacial score (nSPS) is 18.2. The molecule has 0 saturated carbocycles. The zero-order chi connectivity index (χ0) is 11.1. The second-order valence-electron chi connectivity index (χ2n) is 4.97. The van der Waals surface area contributed by atoms with Crippen molar-refractivity contribution in [1.82, 2.24) is 5.32 Å². The largest absolute Gasteiger partial charge is 0.313 e. The molecule has 14 heavy (non-hydrogen) atoms. The number of hydrogen-bond acceptors (Lipinski definition) is 1. The Hall–Kier alpha value is -0.0400. The van der Waals surface area contributed by atoms with Gasteiger partial charge in [0.25, 0.3) is 0 Å². The lowest BCUT2D eigenvalue weighted by atomic mass is 9.82. The zero-order valence-corrected chi connectivity index (χ0v) is 10.9. The van der Waals surface area contributed by atoms with Gasteiger partial charge in [0.2, 0.25) is 0 Å². The highest BCUT2D eigenvalue weighted by atomic mass is 14.9. The van der Waals surface area contributed by atoms with Gasteiger partial charge in [0.15, 0.2) is 0 Å². The molecule has 0 aromatic rings. The molecule has 1 heteroatoms. The molecule has 0 aromatic carbocycles. The van der Waals surface area contributed by atoms with Crippen LogP contribution in [0, 0.1) is 17.8 Å². The van der Waals surface area contributed by atoms with Gasteiger partial charge in [0.05, 0.1) is 0 Å². The molecule has 3 unspecified atom stereocenters. The fourth-order valence-electron chi connectivity index (χ4n) is 2.07. The van der Waals surface area contributed by atoms with Crippen LogP contribution in [0.1, 0.15) is 54.4 Å². The van der Waals surface area contributed by atoms with Gasteiger partial charge in [-0.15, -0.1) is 0 Å². The number of nitrogens with one attached hydrogen (secondary N) is 1. The lowest BCUT2D eigenvalue weighted by molar-refractivity contribution is 0.229. The van der Waals surface area contributed by atoms with Crippen LogP contribution in [0.5, 0.6) is 0 Å². The van der Waals surface area contributed by atoms with Crippen molar-refractivity contribution in [3.05, 3.63) is 0 Å². The van der Waals surface area contributed by atoms with Gasteiger partial charge < -0.3 is 5.32 Å². The number of rotatable bonds is 7. The Kier molecular flexibility index (Phi) is 7.26.